The van der Waals surface area contributed by atoms with Gasteiger partial charge in [-0.15, -0.1) is 0 Å². The molecular formula is C14H19F3N3O2+. The van der Waals surface area contributed by atoms with Crippen molar-refractivity contribution in [3.8, 4) is 0 Å². The molecule has 1 rings (SSSR count). The Morgan fingerprint density at radius 3 is 2.36 bits per heavy atom. The maximum atomic E-state index is 13.5. The first-order valence-electron chi connectivity index (χ1n) is 6.62. The normalized spacial score (nSPS) is 13.4. The first-order chi connectivity index (χ1) is 10.1. The summed E-state index contributed by atoms with van der Waals surface area (Å²) in [7, 11) is 4.83. The molecule has 0 heterocycles. The number of nitrogens with one attached hydrogen (secondary N) is 2. The van der Waals surface area contributed by atoms with Crippen LogP contribution in [-0.4, -0.2) is 50.4 Å². The standard InChI is InChI=1S/C14H18F3N3O2/c1-8(14(22)19(2)3)20(4)7-11(21)18-10-6-5-9(15)12(16)13(10)17/h5-6,8H,7H2,1-4H3,(H,18,21)/p+1/t8-/m1/s1. The molecule has 0 saturated heterocycles. The largest absolute Gasteiger partial charge is 0.344 e. The molecule has 0 aliphatic rings. The van der Waals surface area contributed by atoms with Gasteiger partial charge in [0.15, 0.2) is 30.0 Å². The van der Waals surface area contributed by atoms with E-state index in [0.29, 0.717) is 4.90 Å². The molecule has 0 bridgehead atoms. The molecule has 1 aromatic rings. The quantitative estimate of drug-likeness (QED) is 0.753. The molecule has 1 unspecified atom stereocenters. The number of carbonyl (C=O) groups excluding carboxylic acids is 2. The minimum absolute atomic E-state index is 0.126. The fraction of sp³-hybridized carbons (Fsp3) is 0.429. The molecule has 0 aliphatic carbocycles. The number of hydrogen-bond acceptors (Lipinski definition) is 2. The second-order valence-corrected chi connectivity index (χ2v) is 5.25. The number of halogens is 3. The van der Waals surface area contributed by atoms with E-state index in [1.165, 1.54) is 4.90 Å². The van der Waals surface area contributed by atoms with Crippen molar-refractivity contribution in [1.82, 2.24) is 4.90 Å². The SMILES string of the molecule is C[C@H](C(=O)N(C)C)[NH+](C)CC(=O)Nc1ccc(F)c(F)c1F. The lowest BCUT2D eigenvalue weighted by atomic mass is 10.2. The van der Waals surface area contributed by atoms with Crippen LogP contribution in [0.1, 0.15) is 6.92 Å². The molecule has 0 saturated carbocycles. The van der Waals surface area contributed by atoms with Crippen LogP contribution in [0.25, 0.3) is 0 Å². The molecule has 0 aliphatic heterocycles. The van der Waals surface area contributed by atoms with Crippen molar-refractivity contribution in [3.63, 3.8) is 0 Å². The van der Waals surface area contributed by atoms with Gasteiger partial charge in [0.2, 0.25) is 0 Å². The van der Waals surface area contributed by atoms with Crippen LogP contribution in [0.5, 0.6) is 0 Å². The van der Waals surface area contributed by atoms with Gasteiger partial charge in [0, 0.05) is 14.1 Å². The van der Waals surface area contributed by atoms with E-state index in [1.807, 2.05) is 0 Å². The van der Waals surface area contributed by atoms with Crippen LogP contribution in [0.3, 0.4) is 0 Å². The number of benzene rings is 1. The average Bonchev–Trinajstić information content (AvgIpc) is 2.46. The monoisotopic (exact) mass is 318 g/mol. The molecular weight excluding hydrogens is 299 g/mol. The van der Waals surface area contributed by atoms with E-state index >= 15 is 0 Å². The molecule has 0 spiro atoms. The first kappa shape index (κ1) is 18.0. The number of hydrogen-bond donors (Lipinski definition) is 2. The van der Waals surface area contributed by atoms with E-state index in [9.17, 15) is 22.8 Å². The molecule has 2 N–H and O–H groups in total. The van der Waals surface area contributed by atoms with E-state index in [2.05, 4.69) is 5.32 Å². The zero-order valence-electron chi connectivity index (χ0n) is 12.8. The van der Waals surface area contributed by atoms with E-state index < -0.39 is 35.1 Å². The summed E-state index contributed by atoms with van der Waals surface area (Å²) in [5, 5.41) is 2.17. The van der Waals surface area contributed by atoms with Crippen molar-refractivity contribution in [2.24, 2.45) is 0 Å². The summed E-state index contributed by atoms with van der Waals surface area (Å²) in [5.74, 6) is -5.20. The number of anilines is 1. The van der Waals surface area contributed by atoms with E-state index in [1.54, 1.807) is 28.1 Å². The third-order valence-electron chi connectivity index (χ3n) is 3.30. The summed E-state index contributed by atoms with van der Waals surface area (Å²) in [6.45, 7) is 1.53. The Bertz CT molecular complexity index is 579. The van der Waals surface area contributed by atoms with Crippen molar-refractivity contribution in [1.29, 1.82) is 0 Å². The minimum Gasteiger partial charge on any atom is -0.344 e. The predicted molar refractivity (Wildman–Crippen MR) is 74.9 cm³/mol. The molecule has 0 fully saturated rings. The zero-order chi connectivity index (χ0) is 17.0. The van der Waals surface area contributed by atoms with Crippen molar-refractivity contribution >= 4 is 17.5 Å². The highest BCUT2D eigenvalue weighted by molar-refractivity contribution is 5.91. The second kappa shape index (κ2) is 7.26. The van der Waals surface area contributed by atoms with Gasteiger partial charge >= 0.3 is 0 Å². The molecule has 0 radical (unpaired) electrons. The van der Waals surface area contributed by atoms with Crippen LogP contribution in [0.4, 0.5) is 18.9 Å². The van der Waals surface area contributed by atoms with Gasteiger partial charge in [-0.3, -0.25) is 9.59 Å². The Labute approximate surface area is 126 Å². The van der Waals surface area contributed by atoms with Crippen molar-refractivity contribution < 1.29 is 27.7 Å². The van der Waals surface area contributed by atoms with Crippen LogP contribution in [-0.2, 0) is 9.59 Å². The topological polar surface area (TPSA) is 53.9 Å². The molecule has 22 heavy (non-hydrogen) atoms. The van der Waals surface area contributed by atoms with Gasteiger partial charge in [0.05, 0.1) is 12.7 Å². The Morgan fingerprint density at radius 1 is 1.23 bits per heavy atom. The third-order valence-corrected chi connectivity index (χ3v) is 3.30. The lowest BCUT2D eigenvalue weighted by Gasteiger charge is -2.23. The third kappa shape index (κ3) is 4.20. The van der Waals surface area contributed by atoms with Gasteiger partial charge in [-0.05, 0) is 19.1 Å². The molecule has 2 atom stereocenters. The van der Waals surface area contributed by atoms with Gasteiger partial charge in [-0.25, -0.2) is 13.2 Å². The summed E-state index contributed by atoms with van der Waals surface area (Å²) >= 11 is 0. The summed E-state index contributed by atoms with van der Waals surface area (Å²) in [5.41, 5.74) is -0.441. The number of carbonyl (C=O) groups is 2. The van der Waals surface area contributed by atoms with Crippen LogP contribution < -0.4 is 10.2 Å². The second-order valence-electron chi connectivity index (χ2n) is 5.25. The molecule has 122 valence electrons. The molecule has 8 heteroatoms. The molecule has 0 aromatic heterocycles. The van der Waals surface area contributed by atoms with Crippen molar-refractivity contribution in [2.45, 2.75) is 13.0 Å². The van der Waals surface area contributed by atoms with Gasteiger partial charge < -0.3 is 15.1 Å². The van der Waals surface area contributed by atoms with Crippen LogP contribution in [0.2, 0.25) is 0 Å². The highest BCUT2D eigenvalue weighted by atomic mass is 19.2. The van der Waals surface area contributed by atoms with E-state index in [0.717, 1.165) is 12.1 Å². The van der Waals surface area contributed by atoms with Crippen LogP contribution >= 0.6 is 0 Å². The van der Waals surface area contributed by atoms with Gasteiger partial charge in [-0.1, -0.05) is 0 Å². The van der Waals surface area contributed by atoms with Crippen LogP contribution in [0, 0.1) is 17.5 Å². The highest BCUT2D eigenvalue weighted by Gasteiger charge is 2.25. The van der Waals surface area contributed by atoms with Gasteiger partial charge in [0.25, 0.3) is 11.8 Å². The molecule has 5 nitrogen and oxygen atoms in total. The number of likely N-dealkylation sites (N-methyl/N-ethyl adjacent to an activating group) is 2. The van der Waals surface area contributed by atoms with Crippen LogP contribution in [0.15, 0.2) is 12.1 Å². The van der Waals surface area contributed by atoms with Crippen molar-refractivity contribution in [2.75, 3.05) is 33.0 Å². The smallest absolute Gasteiger partial charge is 0.280 e. The number of quaternary nitrogens is 1. The maximum absolute atomic E-state index is 13.5. The highest BCUT2D eigenvalue weighted by Crippen LogP contribution is 2.19. The summed E-state index contributed by atoms with van der Waals surface area (Å²) in [4.78, 5) is 25.6. The maximum Gasteiger partial charge on any atom is 0.280 e. The number of rotatable bonds is 5. The minimum atomic E-state index is -1.64. The summed E-state index contributed by atoms with van der Waals surface area (Å²) < 4.78 is 39.3. The van der Waals surface area contributed by atoms with Gasteiger partial charge in [-0.2, -0.15) is 0 Å². The number of nitrogens with zero attached hydrogens (tertiary/aromatic N) is 1. The summed E-state index contributed by atoms with van der Waals surface area (Å²) in [6, 6.07) is 1.19. The zero-order valence-corrected chi connectivity index (χ0v) is 12.8. The fourth-order valence-corrected chi connectivity index (χ4v) is 1.82. The fourth-order valence-electron chi connectivity index (χ4n) is 1.82. The average molecular weight is 318 g/mol. The Morgan fingerprint density at radius 2 is 1.82 bits per heavy atom. The number of amides is 2. The van der Waals surface area contributed by atoms with Crippen molar-refractivity contribution in [3.05, 3.63) is 29.6 Å². The Kier molecular flexibility index (Phi) is 5.92. The lowest BCUT2D eigenvalue weighted by molar-refractivity contribution is -0.886. The molecule has 1 aromatic carbocycles. The lowest BCUT2D eigenvalue weighted by Crippen LogP contribution is -3.15. The predicted octanol–water partition coefficient (Wildman–Crippen LogP) is 0.0338. The van der Waals surface area contributed by atoms with E-state index in [-0.39, 0.29) is 12.5 Å². The van der Waals surface area contributed by atoms with Gasteiger partial charge in [0.1, 0.15) is 0 Å². The summed E-state index contributed by atoms with van der Waals surface area (Å²) in [6.07, 6.45) is 0. The van der Waals surface area contributed by atoms with E-state index in [4.69, 9.17) is 0 Å². The Balaban J connectivity index is 2.71. The first-order valence-corrected chi connectivity index (χ1v) is 6.62. The Hall–Kier alpha value is -2.09. The molecule has 2 amide bonds.